The number of aromatic nitrogens is 3. The van der Waals surface area contributed by atoms with Gasteiger partial charge < -0.3 is 14.6 Å². The molecule has 6 nitrogen and oxygen atoms in total. The zero-order valence-corrected chi connectivity index (χ0v) is 22.4. The van der Waals surface area contributed by atoms with E-state index in [1.165, 1.54) is 11.1 Å². The molecular formula is C29H34N4O2S. The lowest BCUT2D eigenvalue weighted by atomic mass is 9.87. The highest BCUT2D eigenvalue weighted by molar-refractivity contribution is 7.98. The van der Waals surface area contributed by atoms with Crippen LogP contribution in [-0.4, -0.2) is 39.6 Å². The molecule has 0 aliphatic carbocycles. The molecule has 4 aromatic rings. The molecule has 1 N–H and O–H groups in total. The SMILES string of the molecule is COc1ccc2nc(C(CCSC)NC(=O)c3ccccn3)n(Cc3ccc(C(C)(C)C)cc3)c2c1. The van der Waals surface area contributed by atoms with Crippen LogP contribution < -0.4 is 10.1 Å². The molecule has 7 heteroatoms. The van der Waals surface area contributed by atoms with E-state index in [1.807, 2.05) is 24.3 Å². The summed E-state index contributed by atoms with van der Waals surface area (Å²) < 4.78 is 7.72. The zero-order valence-electron chi connectivity index (χ0n) is 21.6. The van der Waals surface area contributed by atoms with E-state index >= 15 is 0 Å². The Morgan fingerprint density at radius 3 is 2.53 bits per heavy atom. The number of rotatable bonds is 9. The van der Waals surface area contributed by atoms with E-state index in [4.69, 9.17) is 9.72 Å². The fourth-order valence-corrected chi connectivity index (χ4v) is 4.68. The molecule has 0 aliphatic rings. The fraction of sp³-hybridized carbons (Fsp3) is 0.345. The molecule has 0 saturated heterocycles. The number of imidazole rings is 1. The van der Waals surface area contributed by atoms with Gasteiger partial charge in [-0.1, -0.05) is 51.1 Å². The molecule has 2 heterocycles. The molecule has 188 valence electrons. The maximum absolute atomic E-state index is 13.1. The number of amides is 1. The predicted octanol–water partition coefficient (Wildman–Crippen LogP) is 6.01. The molecule has 1 unspecified atom stereocenters. The summed E-state index contributed by atoms with van der Waals surface area (Å²) in [4.78, 5) is 22.3. The van der Waals surface area contributed by atoms with Crippen molar-refractivity contribution in [2.75, 3.05) is 19.1 Å². The van der Waals surface area contributed by atoms with Gasteiger partial charge >= 0.3 is 0 Å². The molecular weight excluding hydrogens is 468 g/mol. The van der Waals surface area contributed by atoms with Gasteiger partial charge in [0.1, 0.15) is 17.3 Å². The number of methoxy groups -OCH3 is 1. The number of hydrogen-bond acceptors (Lipinski definition) is 5. The van der Waals surface area contributed by atoms with Crippen molar-refractivity contribution in [1.29, 1.82) is 0 Å². The summed E-state index contributed by atoms with van der Waals surface area (Å²) in [6, 6.07) is 19.8. The van der Waals surface area contributed by atoms with E-state index in [9.17, 15) is 4.79 Å². The van der Waals surface area contributed by atoms with E-state index in [-0.39, 0.29) is 17.4 Å². The van der Waals surface area contributed by atoms with E-state index in [1.54, 1.807) is 37.2 Å². The predicted molar refractivity (Wildman–Crippen MR) is 148 cm³/mol. The Balaban J connectivity index is 1.76. The van der Waals surface area contributed by atoms with Crippen molar-refractivity contribution in [3.05, 3.63) is 89.5 Å². The highest BCUT2D eigenvalue weighted by Crippen LogP contribution is 2.29. The second-order valence-corrected chi connectivity index (χ2v) is 10.9. The van der Waals surface area contributed by atoms with Gasteiger partial charge in [-0.15, -0.1) is 0 Å². The van der Waals surface area contributed by atoms with Crippen LogP contribution in [-0.2, 0) is 12.0 Å². The molecule has 0 saturated carbocycles. The minimum atomic E-state index is -0.265. The van der Waals surface area contributed by atoms with Gasteiger partial charge in [0.2, 0.25) is 0 Å². The van der Waals surface area contributed by atoms with Crippen LogP contribution in [0.4, 0.5) is 0 Å². The highest BCUT2D eigenvalue weighted by Gasteiger charge is 2.24. The molecule has 1 amide bonds. The summed E-state index contributed by atoms with van der Waals surface area (Å²) in [6.07, 6.45) is 4.46. The monoisotopic (exact) mass is 502 g/mol. The summed E-state index contributed by atoms with van der Waals surface area (Å²) in [5, 5.41) is 3.20. The summed E-state index contributed by atoms with van der Waals surface area (Å²) in [6.45, 7) is 7.29. The average Bonchev–Trinajstić information content (AvgIpc) is 3.24. The summed E-state index contributed by atoms with van der Waals surface area (Å²) in [5.74, 6) is 2.29. The van der Waals surface area contributed by atoms with Crippen LogP contribution in [0.2, 0.25) is 0 Å². The zero-order chi connectivity index (χ0) is 25.7. The van der Waals surface area contributed by atoms with E-state index < -0.39 is 0 Å². The molecule has 0 spiro atoms. The van der Waals surface area contributed by atoms with Crippen LogP contribution in [0.5, 0.6) is 5.75 Å². The van der Waals surface area contributed by atoms with Gasteiger partial charge in [-0.25, -0.2) is 4.98 Å². The maximum atomic E-state index is 13.1. The summed E-state index contributed by atoms with van der Waals surface area (Å²) >= 11 is 1.75. The van der Waals surface area contributed by atoms with Gasteiger partial charge in [0.05, 0.1) is 24.2 Å². The molecule has 0 aliphatic heterocycles. The maximum Gasteiger partial charge on any atom is 0.270 e. The quantitative estimate of drug-likeness (QED) is 0.304. The second kappa shape index (κ2) is 11.2. The van der Waals surface area contributed by atoms with Crippen molar-refractivity contribution >= 4 is 28.7 Å². The average molecular weight is 503 g/mol. The van der Waals surface area contributed by atoms with Crippen LogP contribution in [0.3, 0.4) is 0 Å². The summed E-state index contributed by atoms with van der Waals surface area (Å²) in [7, 11) is 1.67. The molecule has 1 atom stereocenters. The first-order valence-corrected chi connectivity index (χ1v) is 13.5. The molecule has 36 heavy (non-hydrogen) atoms. The van der Waals surface area contributed by atoms with E-state index in [0.717, 1.165) is 34.8 Å². The molecule has 4 rings (SSSR count). The third kappa shape index (κ3) is 5.90. The third-order valence-corrected chi connectivity index (χ3v) is 6.91. The van der Waals surface area contributed by atoms with Crippen molar-refractivity contribution in [2.45, 2.75) is 45.2 Å². The number of nitrogens with zero attached hydrogens (tertiary/aromatic N) is 3. The van der Waals surface area contributed by atoms with Crippen molar-refractivity contribution in [2.24, 2.45) is 0 Å². The topological polar surface area (TPSA) is 69.0 Å². The van der Waals surface area contributed by atoms with Crippen LogP contribution in [0.15, 0.2) is 66.9 Å². The van der Waals surface area contributed by atoms with Crippen LogP contribution in [0.1, 0.15) is 60.7 Å². The Labute approximate surface area is 217 Å². The van der Waals surface area contributed by atoms with Gasteiger partial charge in [-0.3, -0.25) is 9.78 Å². The number of nitrogens with one attached hydrogen (secondary N) is 1. The number of carbonyl (C=O) groups excluding carboxylic acids is 1. The Morgan fingerprint density at radius 1 is 1.11 bits per heavy atom. The van der Waals surface area contributed by atoms with Crippen molar-refractivity contribution < 1.29 is 9.53 Å². The number of pyridine rings is 1. The van der Waals surface area contributed by atoms with Gasteiger partial charge in [-0.05, 0) is 59.2 Å². The first-order valence-electron chi connectivity index (χ1n) is 12.1. The normalized spacial score (nSPS) is 12.5. The molecule has 2 aromatic heterocycles. The van der Waals surface area contributed by atoms with E-state index in [2.05, 4.69) is 66.2 Å². The summed E-state index contributed by atoms with van der Waals surface area (Å²) in [5.41, 5.74) is 4.81. The Morgan fingerprint density at radius 2 is 1.89 bits per heavy atom. The van der Waals surface area contributed by atoms with Crippen LogP contribution in [0.25, 0.3) is 11.0 Å². The standard InChI is InChI=1S/C29H34N4O2S/c1-29(2,3)21-11-9-20(10-12-21)19-33-26-18-22(35-4)13-14-23(26)31-27(33)24(15-17-36-5)32-28(34)25-8-6-7-16-30-25/h6-14,16,18,24H,15,17,19H2,1-5H3,(H,32,34). The first kappa shape index (κ1) is 25.8. The van der Waals surface area contributed by atoms with Gasteiger partial charge in [-0.2, -0.15) is 11.8 Å². The first-order chi connectivity index (χ1) is 17.3. The molecule has 0 fully saturated rings. The minimum absolute atomic E-state index is 0.0947. The highest BCUT2D eigenvalue weighted by atomic mass is 32.2. The lowest BCUT2D eigenvalue weighted by Crippen LogP contribution is -2.31. The van der Waals surface area contributed by atoms with Gasteiger partial charge in [0.15, 0.2) is 0 Å². The van der Waals surface area contributed by atoms with Crippen molar-refractivity contribution in [1.82, 2.24) is 19.9 Å². The largest absolute Gasteiger partial charge is 0.497 e. The lowest BCUT2D eigenvalue weighted by Gasteiger charge is -2.21. The molecule has 0 radical (unpaired) electrons. The van der Waals surface area contributed by atoms with E-state index in [0.29, 0.717) is 12.2 Å². The number of benzene rings is 2. The Kier molecular flexibility index (Phi) is 7.99. The fourth-order valence-electron chi connectivity index (χ4n) is 4.20. The number of carbonyl (C=O) groups is 1. The molecule has 2 aromatic carbocycles. The minimum Gasteiger partial charge on any atom is -0.497 e. The molecule has 0 bridgehead atoms. The number of fused-ring (bicyclic) bond motifs is 1. The lowest BCUT2D eigenvalue weighted by molar-refractivity contribution is 0.0928. The second-order valence-electron chi connectivity index (χ2n) is 9.88. The van der Waals surface area contributed by atoms with Crippen LogP contribution in [0, 0.1) is 0 Å². The van der Waals surface area contributed by atoms with Gasteiger partial charge in [0.25, 0.3) is 5.91 Å². The number of thioether (sulfide) groups is 1. The van der Waals surface area contributed by atoms with Crippen molar-refractivity contribution in [3.63, 3.8) is 0 Å². The Bertz CT molecular complexity index is 1310. The van der Waals surface area contributed by atoms with Gasteiger partial charge in [0, 0.05) is 18.8 Å². The third-order valence-electron chi connectivity index (χ3n) is 6.27. The number of hydrogen-bond donors (Lipinski definition) is 1. The Hall–Kier alpha value is -3.32. The van der Waals surface area contributed by atoms with Crippen molar-refractivity contribution in [3.8, 4) is 5.75 Å². The number of ether oxygens (including phenoxy) is 1. The van der Waals surface area contributed by atoms with Crippen LogP contribution >= 0.6 is 11.8 Å². The smallest absolute Gasteiger partial charge is 0.270 e.